The van der Waals surface area contributed by atoms with Gasteiger partial charge in [-0.3, -0.25) is 4.79 Å². The molecule has 1 aromatic rings. The molecule has 154 valence electrons. The number of esters is 1. The number of amides is 1. The fraction of sp³-hybridized carbons (Fsp3) is 0.600. The summed E-state index contributed by atoms with van der Waals surface area (Å²) in [6.45, 7) is 4.31. The van der Waals surface area contributed by atoms with Crippen molar-refractivity contribution in [1.82, 2.24) is 9.21 Å². The van der Waals surface area contributed by atoms with Gasteiger partial charge in [0.15, 0.2) is 0 Å². The molecular weight excluding hydrogens is 380 g/mol. The second kappa shape index (κ2) is 9.05. The average Bonchev–Trinajstić information content (AvgIpc) is 2.74. The molecule has 1 amide bonds. The number of carbonyl (C=O) groups is 2. The normalized spacial score (nSPS) is 19.4. The molecule has 0 spiro atoms. The predicted octanol–water partition coefficient (Wildman–Crippen LogP) is 2.28. The molecular formula is C20H28N2O5S. The van der Waals surface area contributed by atoms with E-state index in [1.54, 1.807) is 6.92 Å². The second-order valence-corrected chi connectivity index (χ2v) is 9.25. The highest BCUT2D eigenvalue weighted by atomic mass is 32.2. The van der Waals surface area contributed by atoms with Crippen LogP contribution in [0.5, 0.6) is 0 Å². The molecule has 2 fully saturated rings. The molecule has 0 atom stereocenters. The number of hydrogen-bond acceptors (Lipinski definition) is 5. The topological polar surface area (TPSA) is 84.0 Å². The quantitative estimate of drug-likeness (QED) is 0.698. The zero-order valence-corrected chi connectivity index (χ0v) is 17.1. The summed E-state index contributed by atoms with van der Waals surface area (Å²) in [4.78, 5) is 26.5. The highest BCUT2D eigenvalue weighted by molar-refractivity contribution is 7.89. The minimum absolute atomic E-state index is 0.0873. The molecule has 28 heavy (non-hydrogen) atoms. The Hall–Kier alpha value is -1.93. The lowest BCUT2D eigenvalue weighted by Crippen LogP contribution is -2.45. The number of hydrogen-bond donors (Lipinski definition) is 0. The van der Waals surface area contributed by atoms with Crippen molar-refractivity contribution in [1.29, 1.82) is 0 Å². The first-order chi connectivity index (χ1) is 13.4. The van der Waals surface area contributed by atoms with Crippen molar-refractivity contribution in [2.24, 2.45) is 5.92 Å². The van der Waals surface area contributed by atoms with Crippen molar-refractivity contribution >= 4 is 21.9 Å². The first kappa shape index (κ1) is 20.8. The van der Waals surface area contributed by atoms with Crippen LogP contribution in [0.3, 0.4) is 0 Å². The van der Waals surface area contributed by atoms with Gasteiger partial charge in [0, 0.05) is 32.1 Å². The van der Waals surface area contributed by atoms with Crippen molar-refractivity contribution in [2.45, 2.75) is 43.9 Å². The maximum atomic E-state index is 12.9. The van der Waals surface area contributed by atoms with Gasteiger partial charge in [-0.15, -0.1) is 0 Å². The van der Waals surface area contributed by atoms with E-state index in [4.69, 9.17) is 4.74 Å². The smallest absolute Gasteiger partial charge is 0.338 e. The van der Waals surface area contributed by atoms with E-state index < -0.39 is 16.0 Å². The van der Waals surface area contributed by atoms with Gasteiger partial charge in [-0.1, -0.05) is 0 Å². The monoisotopic (exact) mass is 408 g/mol. The molecule has 1 aromatic carbocycles. The zero-order valence-electron chi connectivity index (χ0n) is 16.3. The molecule has 0 N–H and O–H groups in total. The van der Waals surface area contributed by atoms with Crippen LogP contribution in [0.4, 0.5) is 0 Å². The van der Waals surface area contributed by atoms with Gasteiger partial charge in [-0.25, -0.2) is 13.2 Å². The number of rotatable bonds is 5. The first-order valence-electron chi connectivity index (χ1n) is 9.99. The lowest BCUT2D eigenvalue weighted by Gasteiger charge is -2.35. The van der Waals surface area contributed by atoms with E-state index in [1.165, 1.54) is 35.0 Å². The predicted molar refractivity (Wildman–Crippen MR) is 104 cm³/mol. The van der Waals surface area contributed by atoms with Crippen molar-refractivity contribution in [3.8, 4) is 0 Å². The van der Waals surface area contributed by atoms with Gasteiger partial charge in [0.2, 0.25) is 15.9 Å². The van der Waals surface area contributed by atoms with Crippen LogP contribution in [0.2, 0.25) is 0 Å². The largest absolute Gasteiger partial charge is 0.462 e. The Balaban J connectivity index is 1.61. The Labute approximate surface area is 166 Å². The molecule has 2 aliphatic heterocycles. The van der Waals surface area contributed by atoms with E-state index in [9.17, 15) is 18.0 Å². The molecule has 7 nitrogen and oxygen atoms in total. The standard InChI is InChI=1S/C20H28N2O5S/c1-2-27-20(24)17-6-8-18(9-7-17)28(25,26)22-14-10-16(11-15-22)19(23)21-12-4-3-5-13-21/h6-9,16H,2-5,10-15H2,1H3. The fourth-order valence-electron chi connectivity index (χ4n) is 3.84. The maximum Gasteiger partial charge on any atom is 0.338 e. The van der Waals surface area contributed by atoms with Gasteiger partial charge >= 0.3 is 5.97 Å². The van der Waals surface area contributed by atoms with Crippen LogP contribution in [0.1, 0.15) is 49.4 Å². The minimum atomic E-state index is -3.63. The molecule has 2 saturated heterocycles. The number of nitrogens with zero attached hydrogens (tertiary/aromatic N) is 2. The van der Waals surface area contributed by atoms with Crippen LogP contribution in [0, 0.1) is 5.92 Å². The van der Waals surface area contributed by atoms with Crippen molar-refractivity contribution in [3.05, 3.63) is 29.8 Å². The molecule has 3 rings (SSSR count). The number of likely N-dealkylation sites (tertiary alicyclic amines) is 1. The van der Waals surface area contributed by atoms with Crippen LogP contribution < -0.4 is 0 Å². The SMILES string of the molecule is CCOC(=O)c1ccc(S(=O)(=O)N2CCC(C(=O)N3CCCCC3)CC2)cc1. The summed E-state index contributed by atoms with van der Waals surface area (Å²) in [6.07, 6.45) is 4.39. The third-order valence-electron chi connectivity index (χ3n) is 5.47. The summed E-state index contributed by atoms with van der Waals surface area (Å²) < 4.78 is 32.1. The first-order valence-corrected chi connectivity index (χ1v) is 11.4. The summed E-state index contributed by atoms with van der Waals surface area (Å²) in [5.41, 5.74) is 0.326. The second-order valence-electron chi connectivity index (χ2n) is 7.31. The molecule has 0 bridgehead atoms. The lowest BCUT2D eigenvalue weighted by molar-refractivity contribution is -0.137. The number of piperidine rings is 2. The molecule has 0 radical (unpaired) electrons. The van der Waals surface area contributed by atoms with Crippen LogP contribution >= 0.6 is 0 Å². The minimum Gasteiger partial charge on any atom is -0.462 e. The van der Waals surface area contributed by atoms with Gasteiger partial charge in [0.05, 0.1) is 17.1 Å². The Morgan fingerprint density at radius 2 is 1.61 bits per heavy atom. The van der Waals surface area contributed by atoms with E-state index in [0.717, 1.165) is 25.9 Å². The van der Waals surface area contributed by atoms with E-state index in [1.807, 2.05) is 4.90 Å². The number of ether oxygens (including phenoxy) is 1. The zero-order chi connectivity index (χ0) is 20.1. The van der Waals surface area contributed by atoms with Crippen molar-refractivity contribution < 1.29 is 22.7 Å². The van der Waals surface area contributed by atoms with Crippen LogP contribution in [-0.4, -0.2) is 62.3 Å². The average molecular weight is 409 g/mol. The fourth-order valence-corrected chi connectivity index (χ4v) is 5.31. The van der Waals surface area contributed by atoms with Crippen molar-refractivity contribution in [2.75, 3.05) is 32.8 Å². The van der Waals surface area contributed by atoms with Gasteiger partial charge in [-0.2, -0.15) is 4.31 Å². The number of sulfonamides is 1. The molecule has 2 aliphatic rings. The molecule has 0 saturated carbocycles. The van der Waals surface area contributed by atoms with Gasteiger partial charge in [0.1, 0.15) is 0 Å². The van der Waals surface area contributed by atoms with Crippen LogP contribution in [0.15, 0.2) is 29.2 Å². The third kappa shape index (κ3) is 4.55. The van der Waals surface area contributed by atoms with E-state index in [2.05, 4.69) is 0 Å². The molecule has 0 unspecified atom stereocenters. The van der Waals surface area contributed by atoms with Crippen molar-refractivity contribution in [3.63, 3.8) is 0 Å². The van der Waals surface area contributed by atoms with E-state index in [-0.39, 0.29) is 23.3 Å². The molecule has 0 aliphatic carbocycles. The molecule has 2 heterocycles. The Kier molecular flexibility index (Phi) is 6.72. The third-order valence-corrected chi connectivity index (χ3v) is 7.39. The number of benzene rings is 1. The lowest BCUT2D eigenvalue weighted by atomic mass is 9.95. The summed E-state index contributed by atoms with van der Waals surface area (Å²) in [7, 11) is -3.63. The highest BCUT2D eigenvalue weighted by Crippen LogP contribution is 2.26. The summed E-state index contributed by atoms with van der Waals surface area (Å²) in [5.74, 6) is -0.380. The summed E-state index contributed by atoms with van der Waals surface area (Å²) in [5, 5.41) is 0. The summed E-state index contributed by atoms with van der Waals surface area (Å²) >= 11 is 0. The Morgan fingerprint density at radius 1 is 1.00 bits per heavy atom. The maximum absolute atomic E-state index is 12.9. The van der Waals surface area contributed by atoms with Gasteiger partial charge in [-0.05, 0) is 63.3 Å². The van der Waals surface area contributed by atoms with E-state index in [0.29, 0.717) is 31.5 Å². The van der Waals surface area contributed by atoms with Crippen LogP contribution in [0.25, 0.3) is 0 Å². The highest BCUT2D eigenvalue weighted by Gasteiger charge is 2.34. The number of carbonyl (C=O) groups excluding carboxylic acids is 2. The van der Waals surface area contributed by atoms with Crippen LogP contribution in [-0.2, 0) is 19.6 Å². The Bertz CT molecular complexity index is 792. The molecule has 8 heteroatoms. The van der Waals surface area contributed by atoms with Gasteiger partial charge in [0.25, 0.3) is 0 Å². The molecule has 0 aromatic heterocycles. The van der Waals surface area contributed by atoms with Gasteiger partial charge < -0.3 is 9.64 Å². The summed E-state index contributed by atoms with van der Waals surface area (Å²) in [6, 6.07) is 5.81. The van der Waals surface area contributed by atoms with E-state index >= 15 is 0 Å². The Morgan fingerprint density at radius 3 is 2.18 bits per heavy atom.